The number of hydrogen-bond donors (Lipinski definition) is 0. The summed E-state index contributed by atoms with van der Waals surface area (Å²) in [5.41, 5.74) is 2.92. The fourth-order valence-electron chi connectivity index (χ4n) is 3.18. The van der Waals surface area contributed by atoms with E-state index in [1.807, 2.05) is 65.4 Å². The molecule has 1 saturated heterocycles. The molecule has 2 aromatic rings. The molecule has 136 valence electrons. The van der Waals surface area contributed by atoms with Gasteiger partial charge in [0.05, 0.1) is 6.42 Å². The number of nitrogens with zero attached hydrogens (tertiary/aromatic N) is 2. The number of carbonyl (C=O) groups is 2. The molecule has 26 heavy (non-hydrogen) atoms. The zero-order chi connectivity index (χ0) is 18.5. The number of thioether (sulfide) groups is 1. The van der Waals surface area contributed by atoms with Crippen LogP contribution in [0.4, 0.5) is 0 Å². The monoisotopic (exact) mass is 368 g/mol. The highest BCUT2D eigenvalue weighted by Crippen LogP contribution is 2.17. The van der Waals surface area contributed by atoms with Crippen LogP contribution >= 0.6 is 11.8 Å². The third-order valence-corrected chi connectivity index (χ3v) is 5.44. The topological polar surface area (TPSA) is 40.6 Å². The van der Waals surface area contributed by atoms with Crippen molar-refractivity contribution in [2.45, 2.75) is 18.2 Å². The van der Waals surface area contributed by atoms with Crippen molar-refractivity contribution < 1.29 is 9.59 Å². The van der Waals surface area contributed by atoms with Crippen molar-refractivity contribution in [3.8, 4) is 0 Å². The van der Waals surface area contributed by atoms with Gasteiger partial charge >= 0.3 is 0 Å². The van der Waals surface area contributed by atoms with Gasteiger partial charge in [0, 0.05) is 36.6 Å². The lowest BCUT2D eigenvalue weighted by Crippen LogP contribution is -2.51. The first-order valence-corrected chi connectivity index (χ1v) is 10.1. The Hall–Kier alpha value is -2.27. The highest BCUT2D eigenvalue weighted by Gasteiger charge is 2.24. The number of hydrogen-bond acceptors (Lipinski definition) is 3. The maximum absolute atomic E-state index is 12.6. The van der Waals surface area contributed by atoms with Crippen LogP contribution in [0.25, 0.3) is 0 Å². The molecule has 0 spiro atoms. The third-order valence-electron chi connectivity index (χ3n) is 4.69. The van der Waals surface area contributed by atoms with Crippen molar-refractivity contribution in [1.29, 1.82) is 0 Å². The molecule has 1 heterocycles. The van der Waals surface area contributed by atoms with Gasteiger partial charge in [-0.15, -0.1) is 11.8 Å². The first-order chi connectivity index (χ1) is 12.6. The average molecular weight is 369 g/mol. The van der Waals surface area contributed by atoms with Crippen LogP contribution in [0, 0.1) is 6.92 Å². The molecule has 1 aliphatic rings. The molecule has 0 unspecified atom stereocenters. The Morgan fingerprint density at radius 1 is 0.962 bits per heavy atom. The van der Waals surface area contributed by atoms with E-state index in [9.17, 15) is 9.59 Å². The van der Waals surface area contributed by atoms with Crippen LogP contribution in [-0.4, -0.2) is 54.0 Å². The Labute approximate surface area is 159 Å². The van der Waals surface area contributed by atoms with Gasteiger partial charge in [0.2, 0.25) is 5.91 Å². The molecule has 5 heteroatoms. The number of rotatable bonds is 4. The van der Waals surface area contributed by atoms with Gasteiger partial charge in [-0.1, -0.05) is 29.8 Å². The summed E-state index contributed by atoms with van der Waals surface area (Å²) < 4.78 is 0. The van der Waals surface area contributed by atoms with Crippen LogP contribution in [0.3, 0.4) is 0 Å². The second-order valence-corrected chi connectivity index (χ2v) is 7.45. The largest absolute Gasteiger partial charge is 0.339 e. The van der Waals surface area contributed by atoms with Crippen molar-refractivity contribution in [3.63, 3.8) is 0 Å². The Morgan fingerprint density at radius 3 is 2.23 bits per heavy atom. The number of benzene rings is 2. The van der Waals surface area contributed by atoms with E-state index < -0.39 is 0 Å². The van der Waals surface area contributed by atoms with Gasteiger partial charge in [-0.25, -0.2) is 0 Å². The highest BCUT2D eigenvalue weighted by molar-refractivity contribution is 7.98. The van der Waals surface area contributed by atoms with E-state index in [0.29, 0.717) is 38.2 Å². The molecule has 4 nitrogen and oxygen atoms in total. The van der Waals surface area contributed by atoms with Crippen molar-refractivity contribution >= 4 is 23.6 Å². The van der Waals surface area contributed by atoms with Gasteiger partial charge in [-0.2, -0.15) is 0 Å². The van der Waals surface area contributed by atoms with E-state index >= 15 is 0 Å². The lowest BCUT2D eigenvalue weighted by atomic mass is 10.1. The van der Waals surface area contributed by atoms with Crippen LogP contribution < -0.4 is 0 Å². The first-order valence-electron chi connectivity index (χ1n) is 8.83. The van der Waals surface area contributed by atoms with Crippen molar-refractivity contribution in [2.24, 2.45) is 0 Å². The number of carbonyl (C=O) groups excluding carboxylic acids is 2. The number of piperazine rings is 1. The Morgan fingerprint density at radius 2 is 1.62 bits per heavy atom. The van der Waals surface area contributed by atoms with Crippen LogP contribution in [-0.2, 0) is 11.2 Å². The lowest BCUT2D eigenvalue weighted by molar-refractivity contribution is -0.131. The van der Waals surface area contributed by atoms with Gasteiger partial charge in [0.1, 0.15) is 0 Å². The summed E-state index contributed by atoms with van der Waals surface area (Å²) in [6, 6.07) is 15.8. The normalized spacial score (nSPS) is 14.4. The van der Waals surface area contributed by atoms with Crippen LogP contribution in [0.15, 0.2) is 53.4 Å². The molecule has 0 N–H and O–H groups in total. The van der Waals surface area contributed by atoms with E-state index in [2.05, 4.69) is 6.07 Å². The van der Waals surface area contributed by atoms with E-state index in [4.69, 9.17) is 0 Å². The maximum atomic E-state index is 12.6. The van der Waals surface area contributed by atoms with E-state index in [-0.39, 0.29) is 11.8 Å². The molecule has 0 saturated carbocycles. The standard InChI is InChI=1S/C21H24N2O2S/c1-16-4-3-5-17(14-16)15-20(24)22-10-12-23(13-11-22)21(25)18-6-8-19(26-2)9-7-18/h3-9,14H,10-13,15H2,1-2H3. The molecule has 0 radical (unpaired) electrons. The van der Waals surface area contributed by atoms with Gasteiger partial charge in [-0.05, 0) is 43.0 Å². The minimum Gasteiger partial charge on any atom is -0.339 e. The fraction of sp³-hybridized carbons (Fsp3) is 0.333. The zero-order valence-electron chi connectivity index (χ0n) is 15.3. The third kappa shape index (κ3) is 4.47. The predicted molar refractivity (Wildman–Crippen MR) is 106 cm³/mol. The lowest BCUT2D eigenvalue weighted by Gasteiger charge is -2.35. The zero-order valence-corrected chi connectivity index (χ0v) is 16.1. The first kappa shape index (κ1) is 18.5. The smallest absolute Gasteiger partial charge is 0.253 e. The molecular formula is C21H24N2O2S. The molecule has 2 amide bonds. The Bertz CT molecular complexity index is 781. The van der Waals surface area contributed by atoms with Crippen LogP contribution in [0.1, 0.15) is 21.5 Å². The maximum Gasteiger partial charge on any atom is 0.253 e. The molecular weight excluding hydrogens is 344 g/mol. The molecule has 0 aromatic heterocycles. The summed E-state index contributed by atoms with van der Waals surface area (Å²) in [5.74, 6) is 0.176. The SMILES string of the molecule is CSc1ccc(C(=O)N2CCN(C(=O)Cc3cccc(C)c3)CC2)cc1. The highest BCUT2D eigenvalue weighted by atomic mass is 32.2. The van der Waals surface area contributed by atoms with Gasteiger partial charge in [0.15, 0.2) is 0 Å². The summed E-state index contributed by atoms with van der Waals surface area (Å²) in [7, 11) is 0. The number of amides is 2. The second kappa shape index (κ2) is 8.41. The van der Waals surface area contributed by atoms with Gasteiger partial charge in [0.25, 0.3) is 5.91 Å². The summed E-state index contributed by atoms with van der Waals surface area (Å²) in [6.45, 7) is 4.40. The minimum absolute atomic E-state index is 0.0448. The molecule has 0 aliphatic carbocycles. The van der Waals surface area contributed by atoms with Crippen molar-refractivity contribution in [3.05, 3.63) is 65.2 Å². The van der Waals surface area contributed by atoms with Crippen LogP contribution in [0.2, 0.25) is 0 Å². The van der Waals surface area contributed by atoms with Crippen molar-refractivity contribution in [2.75, 3.05) is 32.4 Å². The van der Waals surface area contributed by atoms with Gasteiger partial charge in [-0.3, -0.25) is 9.59 Å². The van der Waals surface area contributed by atoms with Crippen molar-refractivity contribution in [1.82, 2.24) is 9.80 Å². The molecule has 1 fully saturated rings. The molecule has 1 aliphatic heterocycles. The molecule has 3 rings (SSSR count). The average Bonchev–Trinajstić information content (AvgIpc) is 2.67. The van der Waals surface area contributed by atoms with E-state index in [0.717, 1.165) is 10.5 Å². The fourth-order valence-corrected chi connectivity index (χ4v) is 3.59. The molecule has 2 aromatic carbocycles. The summed E-state index contributed by atoms with van der Waals surface area (Å²) in [4.78, 5) is 30.0. The van der Waals surface area contributed by atoms with Crippen LogP contribution in [0.5, 0.6) is 0 Å². The Balaban J connectivity index is 1.54. The Kier molecular flexibility index (Phi) is 5.99. The summed E-state index contributed by atoms with van der Waals surface area (Å²) in [5, 5.41) is 0. The summed E-state index contributed by atoms with van der Waals surface area (Å²) >= 11 is 1.66. The minimum atomic E-state index is 0.0448. The second-order valence-electron chi connectivity index (χ2n) is 6.57. The molecule has 0 atom stereocenters. The predicted octanol–water partition coefficient (Wildman–Crippen LogP) is 3.24. The molecule has 0 bridgehead atoms. The summed E-state index contributed by atoms with van der Waals surface area (Å²) in [6.07, 6.45) is 2.44. The van der Waals surface area contributed by atoms with E-state index in [1.165, 1.54) is 5.56 Å². The quantitative estimate of drug-likeness (QED) is 0.778. The van der Waals surface area contributed by atoms with E-state index in [1.54, 1.807) is 11.8 Å². The number of aryl methyl sites for hydroxylation is 1. The van der Waals surface area contributed by atoms with Gasteiger partial charge < -0.3 is 9.80 Å².